The molecule has 7 heteroatoms. The minimum absolute atomic E-state index is 0.132. The van der Waals surface area contributed by atoms with Crippen LogP contribution in [0.15, 0.2) is 48.7 Å². The maximum absolute atomic E-state index is 14.1. The number of para-hydroxylation sites is 1. The number of hydrogen-bond acceptors (Lipinski definition) is 3. The number of carbonyl (C=O) groups is 1. The molecular weight excluding hydrogens is 357 g/mol. The fourth-order valence-electron chi connectivity index (χ4n) is 2.70. The molecule has 132 valence electrons. The molecule has 1 unspecified atom stereocenters. The molecule has 0 aliphatic rings. The average Bonchev–Trinajstić information content (AvgIpc) is 2.98. The lowest BCUT2D eigenvalue weighted by atomic mass is 10.1. The molecule has 1 amide bonds. The fraction of sp³-hybridized carbons (Fsp3) is 0.158. The highest BCUT2D eigenvalue weighted by atomic mass is 35.5. The van der Waals surface area contributed by atoms with Gasteiger partial charge in [-0.05, 0) is 37.3 Å². The van der Waals surface area contributed by atoms with Crippen LogP contribution in [0.3, 0.4) is 0 Å². The van der Waals surface area contributed by atoms with Crippen LogP contribution in [0.1, 0.15) is 12.5 Å². The Bertz CT molecular complexity index is 1040. The molecule has 5 nitrogen and oxygen atoms in total. The van der Waals surface area contributed by atoms with E-state index in [0.717, 1.165) is 0 Å². The van der Waals surface area contributed by atoms with Crippen LogP contribution in [0.2, 0.25) is 5.02 Å². The number of anilines is 1. The molecule has 1 heterocycles. The minimum Gasteiger partial charge on any atom is -0.378 e. The van der Waals surface area contributed by atoms with Gasteiger partial charge in [0.1, 0.15) is 11.9 Å². The number of aromatic nitrogens is 1. The highest BCUT2D eigenvalue weighted by Gasteiger charge is 2.31. The summed E-state index contributed by atoms with van der Waals surface area (Å²) in [5, 5.41) is 22.9. The number of hydrogen-bond donors (Lipinski definition) is 2. The molecule has 0 aliphatic carbocycles. The van der Waals surface area contributed by atoms with Crippen LogP contribution in [-0.2, 0) is 11.3 Å². The summed E-state index contributed by atoms with van der Waals surface area (Å²) in [6, 6.07) is 12.7. The minimum atomic E-state index is -1.80. The van der Waals surface area contributed by atoms with E-state index in [2.05, 4.69) is 5.32 Å². The molecule has 2 aromatic carbocycles. The van der Waals surface area contributed by atoms with Crippen LogP contribution in [0.4, 0.5) is 10.1 Å². The summed E-state index contributed by atoms with van der Waals surface area (Å²) in [4.78, 5) is 12.5. The Labute approximate surface area is 154 Å². The van der Waals surface area contributed by atoms with Gasteiger partial charge in [-0.3, -0.25) is 4.79 Å². The van der Waals surface area contributed by atoms with Gasteiger partial charge < -0.3 is 15.0 Å². The highest BCUT2D eigenvalue weighted by molar-refractivity contribution is 6.32. The Morgan fingerprint density at radius 1 is 1.38 bits per heavy atom. The molecule has 0 saturated carbocycles. The predicted octanol–water partition coefficient (Wildman–Crippen LogP) is 3.70. The van der Waals surface area contributed by atoms with E-state index >= 15 is 0 Å². The number of rotatable bonds is 4. The maximum atomic E-state index is 14.1. The second-order valence-corrected chi connectivity index (χ2v) is 6.56. The van der Waals surface area contributed by atoms with Crippen molar-refractivity contribution in [2.45, 2.75) is 19.1 Å². The Hall–Kier alpha value is -2.88. The third-order valence-electron chi connectivity index (χ3n) is 4.05. The quantitative estimate of drug-likeness (QED) is 0.734. The van der Waals surface area contributed by atoms with Gasteiger partial charge in [0.2, 0.25) is 0 Å². The van der Waals surface area contributed by atoms with E-state index in [0.29, 0.717) is 16.6 Å². The van der Waals surface area contributed by atoms with Crippen LogP contribution in [0.5, 0.6) is 0 Å². The molecule has 2 N–H and O–H groups in total. The van der Waals surface area contributed by atoms with Gasteiger partial charge in [0.05, 0.1) is 22.6 Å². The van der Waals surface area contributed by atoms with Crippen LogP contribution in [-0.4, -0.2) is 21.2 Å². The normalized spacial score (nSPS) is 13.2. The van der Waals surface area contributed by atoms with E-state index in [9.17, 15) is 14.3 Å². The summed E-state index contributed by atoms with van der Waals surface area (Å²) in [6.07, 6.45) is 1.62. The van der Waals surface area contributed by atoms with Gasteiger partial charge in [-0.1, -0.05) is 23.7 Å². The maximum Gasteiger partial charge on any atom is 0.257 e. The zero-order valence-electron chi connectivity index (χ0n) is 13.8. The number of nitrogens with one attached hydrogen (secondary N) is 1. The molecule has 0 saturated heterocycles. The van der Waals surface area contributed by atoms with Crippen molar-refractivity contribution < 1.29 is 14.3 Å². The topological polar surface area (TPSA) is 78.1 Å². The lowest BCUT2D eigenvalue weighted by molar-refractivity contribution is -0.133. The Morgan fingerprint density at radius 2 is 2.15 bits per heavy atom. The largest absolute Gasteiger partial charge is 0.378 e. The van der Waals surface area contributed by atoms with Gasteiger partial charge in [0, 0.05) is 17.3 Å². The fourth-order valence-corrected chi connectivity index (χ4v) is 2.92. The van der Waals surface area contributed by atoms with Crippen molar-refractivity contribution in [2.75, 3.05) is 5.32 Å². The number of aliphatic hydroxyl groups is 1. The summed E-state index contributed by atoms with van der Waals surface area (Å²) in [6.45, 7) is 1.22. The molecule has 0 aliphatic heterocycles. The van der Waals surface area contributed by atoms with Crippen molar-refractivity contribution in [3.05, 3.63) is 65.1 Å². The van der Waals surface area contributed by atoms with Crippen LogP contribution < -0.4 is 5.32 Å². The van der Waals surface area contributed by atoms with Crippen LogP contribution in [0.25, 0.3) is 10.9 Å². The van der Waals surface area contributed by atoms with E-state index in [4.69, 9.17) is 16.9 Å². The molecule has 3 rings (SSSR count). The molecule has 0 bridgehead atoms. The zero-order chi connectivity index (χ0) is 18.9. The van der Waals surface area contributed by atoms with Crippen molar-refractivity contribution in [1.82, 2.24) is 4.57 Å². The summed E-state index contributed by atoms with van der Waals surface area (Å²) >= 11 is 5.94. The second kappa shape index (κ2) is 6.79. The van der Waals surface area contributed by atoms with Crippen molar-refractivity contribution in [1.29, 1.82) is 5.26 Å². The first-order valence-electron chi connectivity index (χ1n) is 7.78. The standard InChI is InChI=1S/C19H15ClFN3O2/c1-19(26,11-24-8-7-12-3-2-4-16(21)17(12)24)18(25)23-14-6-5-13(10-22)15(20)9-14/h2-9,26H,11H2,1H3,(H,23,25). The number of fused-ring (bicyclic) bond motifs is 1. The highest BCUT2D eigenvalue weighted by Crippen LogP contribution is 2.24. The first-order chi connectivity index (χ1) is 12.3. The Morgan fingerprint density at radius 3 is 2.85 bits per heavy atom. The SMILES string of the molecule is CC(O)(Cn1ccc2cccc(F)c21)C(=O)Nc1ccc(C#N)c(Cl)c1. The number of benzene rings is 2. The van der Waals surface area contributed by atoms with Gasteiger partial charge in [0.25, 0.3) is 5.91 Å². The van der Waals surface area contributed by atoms with E-state index in [1.165, 1.54) is 35.8 Å². The molecular formula is C19H15ClFN3O2. The van der Waals surface area contributed by atoms with Crippen molar-refractivity contribution in [2.24, 2.45) is 0 Å². The number of nitrogens with zero attached hydrogens (tertiary/aromatic N) is 2. The van der Waals surface area contributed by atoms with Crippen molar-refractivity contribution in [3.63, 3.8) is 0 Å². The van der Waals surface area contributed by atoms with E-state index in [-0.39, 0.29) is 17.1 Å². The van der Waals surface area contributed by atoms with Gasteiger partial charge in [-0.15, -0.1) is 0 Å². The first kappa shape index (κ1) is 17.9. The third kappa shape index (κ3) is 3.40. The van der Waals surface area contributed by atoms with Gasteiger partial charge in [-0.25, -0.2) is 4.39 Å². The van der Waals surface area contributed by atoms with Crippen LogP contribution in [0, 0.1) is 17.1 Å². The molecule has 1 atom stereocenters. The number of halogens is 2. The van der Waals surface area contributed by atoms with Gasteiger partial charge in [-0.2, -0.15) is 5.26 Å². The molecule has 0 spiro atoms. The zero-order valence-corrected chi connectivity index (χ0v) is 14.6. The lowest BCUT2D eigenvalue weighted by Crippen LogP contribution is -2.43. The Balaban J connectivity index is 1.82. The van der Waals surface area contributed by atoms with E-state index in [1.54, 1.807) is 24.4 Å². The molecule has 26 heavy (non-hydrogen) atoms. The molecule has 0 radical (unpaired) electrons. The van der Waals surface area contributed by atoms with Gasteiger partial charge in [0.15, 0.2) is 5.60 Å². The summed E-state index contributed by atoms with van der Waals surface area (Å²) in [7, 11) is 0. The number of amides is 1. The van der Waals surface area contributed by atoms with E-state index < -0.39 is 17.3 Å². The number of carbonyl (C=O) groups excluding carboxylic acids is 1. The first-order valence-corrected chi connectivity index (χ1v) is 8.16. The molecule has 0 fully saturated rings. The molecule has 3 aromatic rings. The Kier molecular flexibility index (Phi) is 4.68. The summed E-state index contributed by atoms with van der Waals surface area (Å²) in [5.74, 6) is -1.10. The predicted molar refractivity (Wildman–Crippen MR) is 97.3 cm³/mol. The van der Waals surface area contributed by atoms with Crippen molar-refractivity contribution in [3.8, 4) is 6.07 Å². The lowest BCUT2D eigenvalue weighted by Gasteiger charge is -2.23. The van der Waals surface area contributed by atoms with E-state index in [1.807, 2.05) is 6.07 Å². The summed E-state index contributed by atoms with van der Waals surface area (Å²) in [5.41, 5.74) is -0.843. The van der Waals surface area contributed by atoms with Crippen molar-refractivity contribution >= 4 is 34.1 Å². The number of nitriles is 1. The van der Waals surface area contributed by atoms with Crippen LogP contribution >= 0.6 is 11.6 Å². The monoisotopic (exact) mass is 371 g/mol. The van der Waals surface area contributed by atoms with Gasteiger partial charge >= 0.3 is 0 Å². The molecule has 1 aromatic heterocycles. The summed E-state index contributed by atoms with van der Waals surface area (Å²) < 4.78 is 15.6. The second-order valence-electron chi connectivity index (χ2n) is 6.16. The third-order valence-corrected chi connectivity index (χ3v) is 4.37. The average molecular weight is 372 g/mol. The smallest absolute Gasteiger partial charge is 0.257 e.